The zero-order valence-electron chi connectivity index (χ0n) is 12.1. The van der Waals surface area contributed by atoms with E-state index in [0.717, 1.165) is 38.8 Å². The van der Waals surface area contributed by atoms with E-state index in [1.54, 1.807) is 0 Å². The van der Waals surface area contributed by atoms with Gasteiger partial charge in [-0.25, -0.2) is 0 Å². The van der Waals surface area contributed by atoms with Crippen LogP contribution in [0, 0.1) is 5.92 Å². The molecule has 0 bridgehead atoms. The number of nitrogens with two attached hydrogens (primary N) is 1. The number of rotatable bonds is 5. The third-order valence-corrected chi connectivity index (χ3v) is 4.53. The molecule has 1 saturated carbocycles. The van der Waals surface area contributed by atoms with Gasteiger partial charge in [0, 0.05) is 19.2 Å². The summed E-state index contributed by atoms with van der Waals surface area (Å²) in [6.07, 6.45) is 7.80. The van der Waals surface area contributed by atoms with Gasteiger partial charge in [0.2, 0.25) is 0 Å². The van der Waals surface area contributed by atoms with Crippen molar-refractivity contribution < 1.29 is 9.53 Å². The van der Waals surface area contributed by atoms with Crippen molar-refractivity contribution in [2.75, 3.05) is 19.7 Å². The minimum atomic E-state index is -0.209. The maximum absolute atomic E-state index is 12.7. The van der Waals surface area contributed by atoms with Gasteiger partial charge in [-0.3, -0.25) is 4.79 Å². The van der Waals surface area contributed by atoms with Crippen molar-refractivity contribution in [3.63, 3.8) is 0 Å². The summed E-state index contributed by atoms with van der Waals surface area (Å²) in [5.41, 5.74) is 5.62. The minimum Gasteiger partial charge on any atom is -0.368 e. The molecule has 0 aromatic rings. The van der Waals surface area contributed by atoms with Gasteiger partial charge in [-0.15, -0.1) is 0 Å². The highest BCUT2D eigenvalue weighted by molar-refractivity contribution is 5.81. The number of nitrogens with zero attached hydrogens (tertiary/aromatic N) is 1. The molecule has 1 aliphatic carbocycles. The Bertz CT molecular complexity index is 290. The van der Waals surface area contributed by atoms with E-state index in [0.29, 0.717) is 18.5 Å². The quantitative estimate of drug-likeness (QED) is 0.829. The van der Waals surface area contributed by atoms with Gasteiger partial charge in [-0.1, -0.05) is 26.2 Å². The molecule has 2 atom stereocenters. The van der Waals surface area contributed by atoms with Gasteiger partial charge in [0.1, 0.15) is 6.10 Å². The van der Waals surface area contributed by atoms with Gasteiger partial charge in [-0.2, -0.15) is 0 Å². The van der Waals surface area contributed by atoms with Gasteiger partial charge < -0.3 is 15.4 Å². The number of carbonyl (C=O) groups excluding carboxylic acids is 1. The highest BCUT2D eigenvalue weighted by Crippen LogP contribution is 2.27. The van der Waals surface area contributed by atoms with E-state index in [1.807, 2.05) is 0 Å². The topological polar surface area (TPSA) is 55.6 Å². The van der Waals surface area contributed by atoms with Crippen molar-refractivity contribution in [3.05, 3.63) is 0 Å². The first-order chi connectivity index (χ1) is 9.24. The van der Waals surface area contributed by atoms with Gasteiger partial charge in [0.25, 0.3) is 5.91 Å². The van der Waals surface area contributed by atoms with Crippen molar-refractivity contribution in [3.8, 4) is 0 Å². The summed E-state index contributed by atoms with van der Waals surface area (Å²) in [7, 11) is 0. The predicted molar refractivity (Wildman–Crippen MR) is 75.8 cm³/mol. The molecule has 1 amide bonds. The Balaban J connectivity index is 2.00. The second kappa shape index (κ2) is 7.25. The minimum absolute atomic E-state index is 0.209. The fourth-order valence-electron chi connectivity index (χ4n) is 3.30. The van der Waals surface area contributed by atoms with Gasteiger partial charge in [0.15, 0.2) is 0 Å². The maximum atomic E-state index is 12.7. The lowest BCUT2D eigenvalue weighted by atomic mass is 9.93. The molecule has 2 fully saturated rings. The highest BCUT2D eigenvalue weighted by atomic mass is 16.5. The molecule has 1 saturated heterocycles. The molecule has 4 heteroatoms. The number of amides is 1. The average molecular weight is 268 g/mol. The van der Waals surface area contributed by atoms with E-state index >= 15 is 0 Å². The highest BCUT2D eigenvalue weighted by Gasteiger charge is 2.36. The summed E-state index contributed by atoms with van der Waals surface area (Å²) in [5.74, 6) is 0.571. The van der Waals surface area contributed by atoms with Crippen LogP contribution in [-0.2, 0) is 9.53 Å². The van der Waals surface area contributed by atoms with E-state index < -0.39 is 0 Å². The van der Waals surface area contributed by atoms with Crippen LogP contribution in [0.3, 0.4) is 0 Å². The number of carbonyl (C=O) groups is 1. The van der Waals surface area contributed by atoms with Crippen molar-refractivity contribution in [2.45, 2.75) is 64.0 Å². The van der Waals surface area contributed by atoms with Crippen LogP contribution in [0.4, 0.5) is 0 Å². The average Bonchev–Trinajstić information content (AvgIpc) is 2.86. The number of ether oxygens (including phenoxy) is 1. The molecule has 1 heterocycles. The lowest BCUT2D eigenvalue weighted by molar-refractivity contribution is -0.145. The van der Waals surface area contributed by atoms with Crippen LogP contribution in [0.2, 0.25) is 0 Å². The fraction of sp³-hybridized carbons (Fsp3) is 0.933. The molecule has 2 aliphatic rings. The smallest absolute Gasteiger partial charge is 0.252 e. The van der Waals surface area contributed by atoms with Crippen molar-refractivity contribution in [1.82, 2.24) is 4.90 Å². The molecule has 0 spiro atoms. The first-order valence-corrected chi connectivity index (χ1v) is 7.86. The third-order valence-electron chi connectivity index (χ3n) is 4.53. The molecule has 0 radical (unpaired) electrons. The first kappa shape index (κ1) is 14.8. The molecule has 1 aliphatic heterocycles. The third kappa shape index (κ3) is 3.69. The fourth-order valence-corrected chi connectivity index (χ4v) is 3.30. The van der Waals surface area contributed by atoms with E-state index in [4.69, 9.17) is 10.5 Å². The Morgan fingerprint density at radius 3 is 2.58 bits per heavy atom. The largest absolute Gasteiger partial charge is 0.368 e. The van der Waals surface area contributed by atoms with Gasteiger partial charge in [-0.05, 0) is 38.1 Å². The van der Waals surface area contributed by atoms with Crippen LogP contribution in [0.1, 0.15) is 51.9 Å². The monoisotopic (exact) mass is 268 g/mol. The first-order valence-electron chi connectivity index (χ1n) is 7.86. The van der Waals surface area contributed by atoms with E-state index in [-0.39, 0.29) is 12.0 Å². The molecule has 4 nitrogen and oxygen atoms in total. The Morgan fingerprint density at radius 2 is 2.00 bits per heavy atom. The standard InChI is InChI=1S/C15H28N2O2/c1-12-8-11-19-14(12)15(18)17(10-5-9-16)13-6-3-2-4-7-13/h12-14H,2-11,16H2,1H3. The SMILES string of the molecule is CC1CCOC1C(=O)N(CCCN)C1CCCCC1. The van der Waals surface area contributed by atoms with E-state index in [9.17, 15) is 4.79 Å². The molecule has 2 unspecified atom stereocenters. The Labute approximate surface area is 116 Å². The van der Waals surface area contributed by atoms with Crippen molar-refractivity contribution in [2.24, 2.45) is 11.7 Å². The predicted octanol–water partition coefficient (Wildman–Crippen LogP) is 1.92. The van der Waals surface area contributed by atoms with Gasteiger partial charge in [0.05, 0.1) is 0 Å². The molecule has 2 rings (SSSR count). The molecular weight excluding hydrogens is 240 g/mol. The van der Waals surface area contributed by atoms with Crippen molar-refractivity contribution >= 4 is 5.91 Å². The summed E-state index contributed by atoms with van der Waals surface area (Å²) in [5, 5.41) is 0. The lowest BCUT2D eigenvalue weighted by Gasteiger charge is -2.36. The van der Waals surface area contributed by atoms with Crippen molar-refractivity contribution in [1.29, 1.82) is 0 Å². The zero-order valence-corrected chi connectivity index (χ0v) is 12.1. The maximum Gasteiger partial charge on any atom is 0.252 e. The second-order valence-electron chi connectivity index (χ2n) is 6.02. The molecule has 0 aromatic heterocycles. The summed E-state index contributed by atoms with van der Waals surface area (Å²) in [6, 6.07) is 0.421. The van der Waals surface area contributed by atoms with Crippen LogP contribution < -0.4 is 5.73 Å². The second-order valence-corrected chi connectivity index (χ2v) is 6.02. The molecular formula is C15H28N2O2. The van der Waals surface area contributed by atoms with Crippen LogP contribution in [-0.4, -0.2) is 42.6 Å². The Morgan fingerprint density at radius 1 is 1.26 bits per heavy atom. The van der Waals surface area contributed by atoms with Gasteiger partial charge >= 0.3 is 0 Å². The zero-order chi connectivity index (χ0) is 13.7. The summed E-state index contributed by atoms with van der Waals surface area (Å²) < 4.78 is 5.66. The van der Waals surface area contributed by atoms with E-state index in [1.165, 1.54) is 19.3 Å². The van der Waals surface area contributed by atoms with Crippen LogP contribution in [0.5, 0.6) is 0 Å². The summed E-state index contributed by atoms with van der Waals surface area (Å²) in [6.45, 7) is 4.30. The van der Waals surface area contributed by atoms with Crippen LogP contribution >= 0.6 is 0 Å². The summed E-state index contributed by atoms with van der Waals surface area (Å²) >= 11 is 0. The Hall–Kier alpha value is -0.610. The number of hydrogen-bond acceptors (Lipinski definition) is 3. The normalized spacial score (nSPS) is 28.5. The van der Waals surface area contributed by atoms with Crippen LogP contribution in [0.15, 0.2) is 0 Å². The van der Waals surface area contributed by atoms with Crippen LogP contribution in [0.25, 0.3) is 0 Å². The molecule has 110 valence electrons. The molecule has 19 heavy (non-hydrogen) atoms. The summed E-state index contributed by atoms with van der Waals surface area (Å²) in [4.78, 5) is 14.8. The van der Waals surface area contributed by atoms with E-state index in [2.05, 4.69) is 11.8 Å². The Kier molecular flexibility index (Phi) is 5.64. The molecule has 0 aromatic carbocycles. The number of hydrogen-bond donors (Lipinski definition) is 1. The lowest BCUT2D eigenvalue weighted by Crippen LogP contribution is -2.48. The molecule has 2 N–H and O–H groups in total.